The summed E-state index contributed by atoms with van der Waals surface area (Å²) in [6.07, 6.45) is 1.68. The largest absolute Gasteiger partial charge is 0.299 e. The maximum Gasteiger partial charge on any atom is 0.141 e. The number of hydrogen-bond acceptors (Lipinski definition) is 2. The molecular weight excluding hydrogens is 320 g/mol. The van der Waals surface area contributed by atoms with Crippen LogP contribution >= 0.6 is 0 Å². The first-order valence-corrected chi connectivity index (χ1v) is 8.88. The van der Waals surface area contributed by atoms with Crippen LogP contribution in [0.2, 0.25) is 0 Å². The number of Topliss-reactive ketones (excluding diaryl/α,β-unsaturated/α-hetero) is 2. The summed E-state index contributed by atoms with van der Waals surface area (Å²) < 4.78 is 0. The van der Waals surface area contributed by atoms with Crippen LogP contribution in [0.15, 0.2) is 84.9 Å². The SMILES string of the molecule is O=C(Cc1ccccc1)Cc1cccc(CC(=O)Cc2ccccc2)c1. The topological polar surface area (TPSA) is 34.1 Å². The molecule has 0 aliphatic heterocycles. The Labute approximate surface area is 154 Å². The van der Waals surface area contributed by atoms with E-state index in [1.807, 2.05) is 84.9 Å². The molecule has 0 spiro atoms. The van der Waals surface area contributed by atoms with Crippen molar-refractivity contribution < 1.29 is 9.59 Å². The lowest BCUT2D eigenvalue weighted by atomic mass is 9.98. The third-order valence-corrected chi connectivity index (χ3v) is 4.28. The van der Waals surface area contributed by atoms with Gasteiger partial charge in [0.2, 0.25) is 0 Å². The average molecular weight is 342 g/mol. The molecule has 0 N–H and O–H groups in total. The molecule has 3 aromatic carbocycles. The minimum Gasteiger partial charge on any atom is -0.299 e. The van der Waals surface area contributed by atoms with Crippen LogP contribution in [-0.4, -0.2) is 11.6 Å². The number of hydrogen-bond donors (Lipinski definition) is 0. The molecule has 0 aromatic heterocycles. The van der Waals surface area contributed by atoms with Crippen molar-refractivity contribution in [2.24, 2.45) is 0 Å². The van der Waals surface area contributed by atoms with Crippen molar-refractivity contribution in [2.45, 2.75) is 25.7 Å². The molecular formula is C24H22O2. The van der Waals surface area contributed by atoms with Gasteiger partial charge in [-0.25, -0.2) is 0 Å². The minimum atomic E-state index is 0.184. The monoisotopic (exact) mass is 342 g/mol. The molecule has 0 bridgehead atoms. The van der Waals surface area contributed by atoms with E-state index in [1.165, 1.54) is 0 Å². The van der Waals surface area contributed by atoms with Crippen molar-refractivity contribution in [2.75, 3.05) is 0 Å². The molecule has 0 atom stereocenters. The summed E-state index contributed by atoms with van der Waals surface area (Å²) in [4.78, 5) is 24.6. The van der Waals surface area contributed by atoms with E-state index in [1.54, 1.807) is 0 Å². The van der Waals surface area contributed by atoms with Crippen LogP contribution in [0.5, 0.6) is 0 Å². The predicted molar refractivity (Wildman–Crippen MR) is 104 cm³/mol. The third kappa shape index (κ3) is 5.52. The summed E-state index contributed by atoms with van der Waals surface area (Å²) in [7, 11) is 0. The van der Waals surface area contributed by atoms with Gasteiger partial charge < -0.3 is 0 Å². The smallest absolute Gasteiger partial charge is 0.141 e. The molecule has 3 rings (SSSR count). The fraction of sp³-hybridized carbons (Fsp3) is 0.167. The lowest BCUT2D eigenvalue weighted by Crippen LogP contribution is -2.09. The average Bonchev–Trinajstić information content (AvgIpc) is 2.63. The number of carbonyl (C=O) groups is 2. The lowest BCUT2D eigenvalue weighted by molar-refractivity contribution is -0.118. The molecule has 130 valence electrons. The van der Waals surface area contributed by atoms with Gasteiger partial charge in [-0.1, -0.05) is 84.9 Å². The Kier molecular flexibility index (Phi) is 6.10. The van der Waals surface area contributed by atoms with E-state index in [4.69, 9.17) is 0 Å². The van der Waals surface area contributed by atoms with E-state index in [0.717, 1.165) is 22.3 Å². The second-order valence-electron chi connectivity index (χ2n) is 6.58. The molecule has 0 unspecified atom stereocenters. The maximum atomic E-state index is 12.3. The van der Waals surface area contributed by atoms with Gasteiger partial charge in [-0.05, 0) is 22.3 Å². The second kappa shape index (κ2) is 8.91. The summed E-state index contributed by atoms with van der Waals surface area (Å²) in [5.41, 5.74) is 4.00. The highest BCUT2D eigenvalue weighted by Crippen LogP contribution is 2.11. The number of rotatable bonds is 8. The van der Waals surface area contributed by atoms with Gasteiger partial charge in [0.05, 0.1) is 0 Å². The van der Waals surface area contributed by atoms with Gasteiger partial charge in [0, 0.05) is 25.7 Å². The van der Waals surface area contributed by atoms with Crippen molar-refractivity contribution >= 4 is 11.6 Å². The highest BCUT2D eigenvalue weighted by Gasteiger charge is 2.08. The summed E-state index contributed by atoms with van der Waals surface area (Å²) in [5.74, 6) is 0.368. The molecule has 0 fully saturated rings. The predicted octanol–water partition coefficient (Wildman–Crippen LogP) is 4.40. The van der Waals surface area contributed by atoms with Crippen LogP contribution in [-0.2, 0) is 35.3 Å². The zero-order chi connectivity index (χ0) is 18.2. The van der Waals surface area contributed by atoms with Crippen molar-refractivity contribution in [3.8, 4) is 0 Å². The molecule has 26 heavy (non-hydrogen) atoms. The molecule has 0 aliphatic rings. The van der Waals surface area contributed by atoms with Crippen molar-refractivity contribution in [1.29, 1.82) is 0 Å². The molecule has 0 heterocycles. The number of carbonyl (C=O) groups excluding carboxylic acids is 2. The van der Waals surface area contributed by atoms with Crippen LogP contribution in [0.4, 0.5) is 0 Å². The van der Waals surface area contributed by atoms with Gasteiger partial charge in [0.15, 0.2) is 0 Å². The number of ketones is 2. The van der Waals surface area contributed by atoms with Crippen LogP contribution in [0.25, 0.3) is 0 Å². The first-order chi connectivity index (χ1) is 12.7. The van der Waals surface area contributed by atoms with Gasteiger partial charge in [-0.2, -0.15) is 0 Å². The van der Waals surface area contributed by atoms with E-state index >= 15 is 0 Å². The van der Waals surface area contributed by atoms with Gasteiger partial charge in [-0.15, -0.1) is 0 Å². The van der Waals surface area contributed by atoms with Crippen LogP contribution in [0, 0.1) is 0 Å². The van der Waals surface area contributed by atoms with Crippen molar-refractivity contribution in [3.05, 3.63) is 107 Å². The van der Waals surface area contributed by atoms with E-state index in [2.05, 4.69) is 0 Å². The van der Waals surface area contributed by atoms with Gasteiger partial charge in [-0.3, -0.25) is 9.59 Å². The Morgan fingerprint density at radius 1 is 0.462 bits per heavy atom. The van der Waals surface area contributed by atoms with E-state index in [-0.39, 0.29) is 11.6 Å². The van der Waals surface area contributed by atoms with E-state index in [0.29, 0.717) is 25.7 Å². The molecule has 0 amide bonds. The summed E-state index contributed by atoms with van der Waals surface area (Å²) in [6, 6.07) is 27.4. The van der Waals surface area contributed by atoms with Crippen LogP contribution < -0.4 is 0 Å². The van der Waals surface area contributed by atoms with Crippen LogP contribution in [0.3, 0.4) is 0 Å². The van der Waals surface area contributed by atoms with Gasteiger partial charge in [0.25, 0.3) is 0 Å². The molecule has 0 aliphatic carbocycles. The Morgan fingerprint density at radius 3 is 1.23 bits per heavy atom. The Morgan fingerprint density at radius 2 is 0.808 bits per heavy atom. The highest BCUT2D eigenvalue weighted by atomic mass is 16.1. The summed E-state index contributed by atoms with van der Waals surface area (Å²) >= 11 is 0. The fourth-order valence-electron chi connectivity index (χ4n) is 3.08. The van der Waals surface area contributed by atoms with Crippen LogP contribution in [0.1, 0.15) is 22.3 Å². The Balaban J connectivity index is 1.57. The Hall–Kier alpha value is -3.00. The van der Waals surface area contributed by atoms with E-state index < -0.39 is 0 Å². The number of benzene rings is 3. The quantitative estimate of drug-likeness (QED) is 0.608. The standard InChI is InChI=1S/C24H22O2/c25-23(15-19-8-3-1-4-9-19)17-21-12-7-13-22(14-21)18-24(26)16-20-10-5-2-6-11-20/h1-14H,15-18H2. The zero-order valence-corrected chi connectivity index (χ0v) is 14.7. The van der Waals surface area contributed by atoms with Crippen molar-refractivity contribution in [1.82, 2.24) is 0 Å². The molecule has 2 heteroatoms. The van der Waals surface area contributed by atoms with Crippen molar-refractivity contribution in [3.63, 3.8) is 0 Å². The third-order valence-electron chi connectivity index (χ3n) is 4.28. The first-order valence-electron chi connectivity index (χ1n) is 8.88. The molecule has 0 saturated carbocycles. The molecule has 0 saturated heterocycles. The zero-order valence-electron chi connectivity index (χ0n) is 14.7. The first kappa shape index (κ1) is 17.8. The van der Waals surface area contributed by atoms with Gasteiger partial charge >= 0.3 is 0 Å². The molecule has 3 aromatic rings. The minimum absolute atomic E-state index is 0.184. The fourth-order valence-corrected chi connectivity index (χ4v) is 3.08. The lowest BCUT2D eigenvalue weighted by Gasteiger charge is -2.06. The second-order valence-corrected chi connectivity index (χ2v) is 6.58. The van der Waals surface area contributed by atoms with Gasteiger partial charge in [0.1, 0.15) is 11.6 Å². The Bertz CT molecular complexity index is 796. The highest BCUT2D eigenvalue weighted by molar-refractivity contribution is 5.84. The summed E-state index contributed by atoms with van der Waals surface area (Å²) in [6.45, 7) is 0. The molecule has 0 radical (unpaired) electrons. The normalized spacial score (nSPS) is 10.5. The maximum absolute atomic E-state index is 12.3. The molecule has 2 nitrogen and oxygen atoms in total. The van der Waals surface area contributed by atoms with E-state index in [9.17, 15) is 9.59 Å². The summed E-state index contributed by atoms with van der Waals surface area (Å²) in [5, 5.41) is 0.